The molecular formula is C20H18N4O5. The third kappa shape index (κ3) is 3.98. The van der Waals surface area contributed by atoms with Crippen molar-refractivity contribution in [2.75, 3.05) is 31.6 Å². The van der Waals surface area contributed by atoms with Crippen LogP contribution in [-0.4, -0.2) is 36.9 Å². The van der Waals surface area contributed by atoms with Crippen molar-refractivity contribution < 1.29 is 23.7 Å². The van der Waals surface area contributed by atoms with Crippen molar-refractivity contribution in [3.63, 3.8) is 0 Å². The molecule has 0 unspecified atom stereocenters. The normalized spacial score (nSPS) is 11.7. The van der Waals surface area contributed by atoms with Crippen LogP contribution >= 0.6 is 0 Å². The first kappa shape index (κ1) is 18.4. The standard InChI is InChI=1S/C20H18N4O5/c1-26-13-4-5-14(17(10-13)27-2)23-19(25)15-7-8-21-20(24-15)22-12-3-6-16-18(9-12)29-11-28-16/h3-10H,11H2,1-2H3,(H,23,25)(H,21,22,24). The van der Waals surface area contributed by atoms with Crippen LogP contribution < -0.4 is 29.6 Å². The molecule has 0 bridgehead atoms. The van der Waals surface area contributed by atoms with Gasteiger partial charge in [0.2, 0.25) is 12.7 Å². The number of hydrogen-bond donors (Lipinski definition) is 2. The highest BCUT2D eigenvalue weighted by Crippen LogP contribution is 2.34. The minimum absolute atomic E-state index is 0.194. The van der Waals surface area contributed by atoms with Gasteiger partial charge in [0.15, 0.2) is 11.5 Å². The van der Waals surface area contributed by atoms with Gasteiger partial charge in [-0.1, -0.05) is 0 Å². The van der Waals surface area contributed by atoms with E-state index in [4.69, 9.17) is 18.9 Å². The molecule has 0 aliphatic carbocycles. The van der Waals surface area contributed by atoms with Crippen molar-refractivity contribution in [1.29, 1.82) is 0 Å². The second-order valence-corrected chi connectivity index (χ2v) is 5.98. The molecule has 2 heterocycles. The van der Waals surface area contributed by atoms with Gasteiger partial charge in [0.05, 0.1) is 19.9 Å². The van der Waals surface area contributed by atoms with Gasteiger partial charge in [-0.2, -0.15) is 0 Å². The Morgan fingerprint density at radius 3 is 2.72 bits per heavy atom. The topological polar surface area (TPSA) is 104 Å². The van der Waals surface area contributed by atoms with Crippen molar-refractivity contribution in [3.05, 3.63) is 54.4 Å². The third-order valence-electron chi connectivity index (χ3n) is 4.17. The molecule has 29 heavy (non-hydrogen) atoms. The number of rotatable bonds is 6. The Bertz CT molecular complexity index is 1060. The Morgan fingerprint density at radius 1 is 1.03 bits per heavy atom. The van der Waals surface area contributed by atoms with E-state index in [2.05, 4.69) is 20.6 Å². The summed E-state index contributed by atoms with van der Waals surface area (Å²) in [6.07, 6.45) is 1.50. The lowest BCUT2D eigenvalue weighted by atomic mass is 10.2. The predicted octanol–water partition coefficient (Wildman–Crippen LogP) is 3.22. The lowest BCUT2D eigenvalue weighted by molar-refractivity contribution is 0.102. The van der Waals surface area contributed by atoms with Gasteiger partial charge in [-0.05, 0) is 30.3 Å². The molecule has 4 rings (SSSR count). The maximum Gasteiger partial charge on any atom is 0.274 e. The summed E-state index contributed by atoms with van der Waals surface area (Å²) in [5, 5.41) is 5.83. The summed E-state index contributed by atoms with van der Waals surface area (Å²) < 4.78 is 21.1. The molecule has 1 aliphatic rings. The molecule has 0 saturated carbocycles. The van der Waals surface area contributed by atoms with Gasteiger partial charge in [0, 0.05) is 24.0 Å². The number of hydrogen-bond acceptors (Lipinski definition) is 8. The van der Waals surface area contributed by atoms with E-state index in [0.29, 0.717) is 34.4 Å². The number of aromatic nitrogens is 2. The fourth-order valence-corrected chi connectivity index (χ4v) is 2.74. The molecule has 0 atom stereocenters. The molecular weight excluding hydrogens is 376 g/mol. The maximum absolute atomic E-state index is 12.6. The Balaban J connectivity index is 1.50. The average molecular weight is 394 g/mol. The molecule has 1 aliphatic heterocycles. The predicted molar refractivity (Wildman–Crippen MR) is 105 cm³/mol. The Kier molecular flexibility index (Phi) is 5.02. The number of fused-ring (bicyclic) bond motifs is 1. The van der Waals surface area contributed by atoms with Gasteiger partial charge >= 0.3 is 0 Å². The van der Waals surface area contributed by atoms with Crippen molar-refractivity contribution in [1.82, 2.24) is 9.97 Å². The maximum atomic E-state index is 12.6. The highest BCUT2D eigenvalue weighted by atomic mass is 16.7. The minimum Gasteiger partial charge on any atom is -0.497 e. The van der Waals surface area contributed by atoms with E-state index >= 15 is 0 Å². The number of anilines is 3. The molecule has 148 valence electrons. The number of methoxy groups -OCH3 is 2. The summed E-state index contributed by atoms with van der Waals surface area (Å²) in [5.41, 5.74) is 1.41. The smallest absolute Gasteiger partial charge is 0.274 e. The largest absolute Gasteiger partial charge is 0.497 e. The summed E-state index contributed by atoms with van der Waals surface area (Å²) >= 11 is 0. The number of nitrogens with zero attached hydrogens (tertiary/aromatic N) is 2. The molecule has 0 spiro atoms. The van der Waals surface area contributed by atoms with Gasteiger partial charge in [0.1, 0.15) is 17.2 Å². The van der Waals surface area contributed by atoms with Crippen molar-refractivity contribution in [2.45, 2.75) is 0 Å². The summed E-state index contributed by atoms with van der Waals surface area (Å²) in [5.74, 6) is 2.29. The zero-order valence-corrected chi connectivity index (χ0v) is 15.8. The van der Waals surface area contributed by atoms with Crippen LogP contribution in [0.2, 0.25) is 0 Å². The second-order valence-electron chi connectivity index (χ2n) is 5.98. The monoisotopic (exact) mass is 394 g/mol. The van der Waals surface area contributed by atoms with Gasteiger partial charge in [0.25, 0.3) is 5.91 Å². The molecule has 0 radical (unpaired) electrons. The molecule has 9 nitrogen and oxygen atoms in total. The van der Waals surface area contributed by atoms with E-state index in [1.165, 1.54) is 19.4 Å². The van der Waals surface area contributed by atoms with Crippen LogP contribution in [0.4, 0.5) is 17.3 Å². The van der Waals surface area contributed by atoms with Crippen LogP contribution in [0, 0.1) is 0 Å². The van der Waals surface area contributed by atoms with Crippen molar-refractivity contribution in [2.24, 2.45) is 0 Å². The van der Waals surface area contributed by atoms with E-state index in [0.717, 1.165) is 0 Å². The molecule has 0 fully saturated rings. The van der Waals surface area contributed by atoms with E-state index in [1.807, 2.05) is 6.07 Å². The van der Waals surface area contributed by atoms with Gasteiger partial charge in [-0.15, -0.1) is 0 Å². The van der Waals surface area contributed by atoms with Crippen LogP contribution in [0.25, 0.3) is 0 Å². The highest BCUT2D eigenvalue weighted by molar-refractivity contribution is 6.03. The van der Waals surface area contributed by atoms with E-state index < -0.39 is 5.91 Å². The Hall–Kier alpha value is -4.01. The first-order chi connectivity index (χ1) is 14.2. The zero-order chi connectivity index (χ0) is 20.2. The SMILES string of the molecule is COc1ccc(NC(=O)c2ccnc(Nc3ccc4c(c3)OCO4)n2)c(OC)c1. The van der Waals surface area contributed by atoms with Crippen LogP contribution in [0.3, 0.4) is 0 Å². The number of ether oxygens (including phenoxy) is 4. The molecule has 9 heteroatoms. The van der Waals surface area contributed by atoms with Crippen LogP contribution in [0.5, 0.6) is 23.0 Å². The van der Waals surface area contributed by atoms with E-state index in [1.54, 1.807) is 37.4 Å². The summed E-state index contributed by atoms with van der Waals surface area (Å²) in [6.45, 7) is 0.194. The Morgan fingerprint density at radius 2 is 1.90 bits per heavy atom. The third-order valence-corrected chi connectivity index (χ3v) is 4.17. The molecule has 1 amide bonds. The van der Waals surface area contributed by atoms with Crippen LogP contribution in [0.1, 0.15) is 10.5 Å². The molecule has 2 aromatic carbocycles. The van der Waals surface area contributed by atoms with E-state index in [-0.39, 0.29) is 18.4 Å². The number of carbonyl (C=O) groups is 1. The number of carbonyl (C=O) groups excluding carboxylic acids is 1. The summed E-state index contributed by atoms with van der Waals surface area (Å²) in [7, 11) is 3.07. The molecule has 2 N–H and O–H groups in total. The molecule has 3 aromatic rings. The lowest BCUT2D eigenvalue weighted by Crippen LogP contribution is -2.15. The zero-order valence-electron chi connectivity index (χ0n) is 15.8. The van der Waals surface area contributed by atoms with Crippen molar-refractivity contribution in [3.8, 4) is 23.0 Å². The summed E-state index contributed by atoms with van der Waals surface area (Å²) in [4.78, 5) is 21.1. The molecule has 0 saturated heterocycles. The number of nitrogens with one attached hydrogen (secondary N) is 2. The summed E-state index contributed by atoms with van der Waals surface area (Å²) in [6, 6.07) is 12.0. The second kappa shape index (κ2) is 7.93. The van der Waals surface area contributed by atoms with Gasteiger partial charge in [-0.25, -0.2) is 9.97 Å². The first-order valence-electron chi connectivity index (χ1n) is 8.69. The molecule has 1 aromatic heterocycles. The quantitative estimate of drug-likeness (QED) is 0.657. The van der Waals surface area contributed by atoms with Crippen molar-refractivity contribution >= 4 is 23.2 Å². The van der Waals surface area contributed by atoms with Crippen LogP contribution in [0.15, 0.2) is 48.7 Å². The van der Waals surface area contributed by atoms with Gasteiger partial charge in [-0.3, -0.25) is 4.79 Å². The number of amides is 1. The first-order valence-corrected chi connectivity index (χ1v) is 8.69. The minimum atomic E-state index is -0.399. The van der Waals surface area contributed by atoms with E-state index in [9.17, 15) is 4.79 Å². The number of benzene rings is 2. The fourth-order valence-electron chi connectivity index (χ4n) is 2.74. The fraction of sp³-hybridized carbons (Fsp3) is 0.150. The van der Waals surface area contributed by atoms with Crippen LogP contribution in [-0.2, 0) is 0 Å². The lowest BCUT2D eigenvalue weighted by Gasteiger charge is -2.12. The average Bonchev–Trinajstić information content (AvgIpc) is 3.22. The van der Waals surface area contributed by atoms with Gasteiger partial charge < -0.3 is 29.6 Å². The Labute approximate surface area is 166 Å². The highest BCUT2D eigenvalue weighted by Gasteiger charge is 2.15.